The molecule has 27 heavy (non-hydrogen) atoms. The lowest BCUT2D eigenvalue weighted by Gasteiger charge is -2.19. The van der Waals surface area contributed by atoms with E-state index in [4.69, 9.17) is 0 Å². The van der Waals surface area contributed by atoms with E-state index in [0.717, 1.165) is 24.9 Å². The molecule has 2 aromatic rings. The Morgan fingerprint density at radius 1 is 1.04 bits per heavy atom. The first-order valence-corrected chi connectivity index (χ1v) is 8.98. The Labute approximate surface area is 156 Å². The largest absolute Gasteiger partial charge is 0.352 e. The molecule has 1 aliphatic carbocycles. The van der Waals surface area contributed by atoms with Gasteiger partial charge in [0.2, 0.25) is 5.91 Å². The van der Waals surface area contributed by atoms with Crippen LogP contribution in [0, 0.1) is 10.1 Å². The number of carbonyl (C=O) groups excluding carboxylic acids is 2. The first-order valence-electron chi connectivity index (χ1n) is 8.98. The number of hydrogen-bond donors (Lipinski definition) is 2. The molecule has 0 aliphatic heterocycles. The van der Waals surface area contributed by atoms with Gasteiger partial charge in [0, 0.05) is 36.3 Å². The molecule has 2 N–H and O–H groups in total. The van der Waals surface area contributed by atoms with Crippen molar-refractivity contribution in [2.75, 3.05) is 11.9 Å². The number of nitro benzene ring substituents is 1. The maximum absolute atomic E-state index is 12.2. The third-order valence-corrected chi connectivity index (χ3v) is 4.65. The molecule has 0 saturated heterocycles. The third kappa shape index (κ3) is 4.69. The van der Waals surface area contributed by atoms with E-state index in [9.17, 15) is 19.7 Å². The Hall–Kier alpha value is -3.22. The van der Waals surface area contributed by atoms with Gasteiger partial charge < -0.3 is 10.6 Å². The van der Waals surface area contributed by atoms with Crippen LogP contribution in [0.3, 0.4) is 0 Å². The van der Waals surface area contributed by atoms with E-state index in [1.54, 1.807) is 0 Å². The van der Waals surface area contributed by atoms with Gasteiger partial charge in [-0.25, -0.2) is 0 Å². The van der Waals surface area contributed by atoms with E-state index in [0.29, 0.717) is 5.56 Å². The summed E-state index contributed by atoms with van der Waals surface area (Å²) < 4.78 is 0. The van der Waals surface area contributed by atoms with Gasteiger partial charge in [0.1, 0.15) is 0 Å². The van der Waals surface area contributed by atoms with Crippen LogP contribution in [0.2, 0.25) is 0 Å². The Morgan fingerprint density at radius 2 is 1.78 bits per heavy atom. The zero-order chi connectivity index (χ0) is 19.2. The van der Waals surface area contributed by atoms with Gasteiger partial charge in [0.05, 0.1) is 4.92 Å². The normalized spacial score (nSPS) is 12.7. The molecule has 1 aliphatic rings. The van der Waals surface area contributed by atoms with Crippen molar-refractivity contribution in [3.63, 3.8) is 0 Å². The molecule has 7 nitrogen and oxygen atoms in total. The summed E-state index contributed by atoms with van der Waals surface area (Å²) in [5.74, 6) is -0.521. The first-order chi connectivity index (χ1) is 13.0. The lowest BCUT2D eigenvalue weighted by Crippen LogP contribution is -2.27. The summed E-state index contributed by atoms with van der Waals surface area (Å²) in [4.78, 5) is 34.4. The maximum atomic E-state index is 12.2. The van der Waals surface area contributed by atoms with Crippen molar-refractivity contribution >= 4 is 23.2 Å². The molecule has 2 amide bonds. The van der Waals surface area contributed by atoms with Gasteiger partial charge in [0.15, 0.2) is 0 Å². The quantitative estimate of drug-likeness (QED) is 0.604. The predicted molar refractivity (Wildman–Crippen MR) is 102 cm³/mol. The standard InChI is InChI=1S/C20H21N3O4/c24-19(22-18-7-3-5-14-4-1-2-6-17(14)18)12-13-21-20(25)15-8-10-16(11-9-15)23(26)27/h3,5,7-11H,1-2,4,6,12-13H2,(H,21,25)(H,22,24). The summed E-state index contributed by atoms with van der Waals surface area (Å²) >= 11 is 0. The van der Waals surface area contributed by atoms with Crippen LogP contribution in [0.4, 0.5) is 11.4 Å². The highest BCUT2D eigenvalue weighted by atomic mass is 16.6. The monoisotopic (exact) mass is 367 g/mol. The van der Waals surface area contributed by atoms with Gasteiger partial charge in [0.25, 0.3) is 11.6 Å². The topological polar surface area (TPSA) is 101 Å². The van der Waals surface area contributed by atoms with Crippen LogP contribution < -0.4 is 10.6 Å². The maximum Gasteiger partial charge on any atom is 0.269 e. The molecule has 0 fully saturated rings. The Kier molecular flexibility index (Phi) is 5.80. The number of nitrogens with one attached hydrogen (secondary N) is 2. The highest BCUT2D eigenvalue weighted by molar-refractivity contribution is 5.95. The Morgan fingerprint density at radius 3 is 2.52 bits per heavy atom. The summed E-state index contributed by atoms with van der Waals surface area (Å²) in [7, 11) is 0. The number of fused-ring (bicyclic) bond motifs is 1. The van der Waals surface area contributed by atoms with Crippen LogP contribution in [0.15, 0.2) is 42.5 Å². The van der Waals surface area contributed by atoms with Crippen molar-refractivity contribution in [1.29, 1.82) is 0 Å². The molecule has 0 spiro atoms. The van der Waals surface area contributed by atoms with Crippen LogP contribution >= 0.6 is 0 Å². The molecular weight excluding hydrogens is 346 g/mol. The number of nitrogens with zero attached hydrogens (tertiary/aromatic N) is 1. The van der Waals surface area contributed by atoms with Gasteiger partial charge in [-0.2, -0.15) is 0 Å². The van der Waals surface area contributed by atoms with Gasteiger partial charge in [-0.15, -0.1) is 0 Å². The van der Waals surface area contributed by atoms with Crippen LogP contribution in [0.1, 0.15) is 40.7 Å². The molecule has 0 heterocycles. The number of hydrogen-bond acceptors (Lipinski definition) is 4. The minimum absolute atomic E-state index is 0.0721. The fourth-order valence-corrected chi connectivity index (χ4v) is 3.24. The molecule has 140 valence electrons. The number of rotatable bonds is 6. The SMILES string of the molecule is O=C(CCNC(=O)c1ccc([N+](=O)[O-])cc1)Nc1cccc2c1CCCC2. The van der Waals surface area contributed by atoms with Gasteiger partial charge in [-0.3, -0.25) is 19.7 Å². The van der Waals surface area contributed by atoms with Crippen molar-refractivity contribution in [2.45, 2.75) is 32.1 Å². The lowest BCUT2D eigenvalue weighted by molar-refractivity contribution is -0.384. The summed E-state index contributed by atoms with van der Waals surface area (Å²) in [5, 5.41) is 16.2. The molecule has 0 bridgehead atoms. The highest BCUT2D eigenvalue weighted by Gasteiger charge is 2.15. The fraction of sp³-hybridized carbons (Fsp3) is 0.300. The highest BCUT2D eigenvalue weighted by Crippen LogP contribution is 2.27. The van der Waals surface area contributed by atoms with Crippen LogP contribution in [-0.4, -0.2) is 23.3 Å². The zero-order valence-corrected chi connectivity index (χ0v) is 14.9. The minimum Gasteiger partial charge on any atom is -0.352 e. The van der Waals surface area contributed by atoms with E-state index < -0.39 is 4.92 Å². The number of aryl methyl sites for hydroxylation is 1. The second-order valence-corrected chi connectivity index (χ2v) is 6.51. The molecule has 0 atom stereocenters. The summed E-state index contributed by atoms with van der Waals surface area (Å²) in [6.07, 6.45) is 4.49. The van der Waals surface area contributed by atoms with Crippen molar-refractivity contribution in [3.8, 4) is 0 Å². The van der Waals surface area contributed by atoms with Crippen molar-refractivity contribution in [2.24, 2.45) is 0 Å². The number of carbonyl (C=O) groups is 2. The molecule has 3 rings (SSSR count). The van der Waals surface area contributed by atoms with Crippen LogP contribution in [0.25, 0.3) is 0 Å². The average Bonchev–Trinajstić information content (AvgIpc) is 2.68. The van der Waals surface area contributed by atoms with Crippen LogP contribution in [-0.2, 0) is 17.6 Å². The first kappa shape index (κ1) is 18.6. The summed E-state index contributed by atoms with van der Waals surface area (Å²) in [6, 6.07) is 11.3. The number of non-ortho nitro benzene ring substituents is 1. The minimum atomic E-state index is -0.520. The fourth-order valence-electron chi connectivity index (χ4n) is 3.24. The summed E-state index contributed by atoms with van der Waals surface area (Å²) in [6.45, 7) is 0.191. The van der Waals surface area contributed by atoms with E-state index in [2.05, 4.69) is 16.7 Å². The van der Waals surface area contributed by atoms with Gasteiger partial charge in [-0.05, 0) is 55.0 Å². The molecule has 7 heteroatoms. The molecule has 0 unspecified atom stereocenters. The lowest BCUT2D eigenvalue weighted by atomic mass is 9.90. The molecular formula is C20H21N3O4. The van der Waals surface area contributed by atoms with E-state index in [1.807, 2.05) is 12.1 Å². The molecule has 2 aromatic carbocycles. The second kappa shape index (κ2) is 8.44. The molecule has 0 aromatic heterocycles. The van der Waals surface area contributed by atoms with Crippen LogP contribution in [0.5, 0.6) is 0 Å². The Balaban J connectivity index is 1.50. The van der Waals surface area contributed by atoms with E-state index >= 15 is 0 Å². The predicted octanol–water partition coefficient (Wildman–Crippen LogP) is 3.23. The van der Waals surface area contributed by atoms with Crippen molar-refractivity contribution < 1.29 is 14.5 Å². The van der Waals surface area contributed by atoms with E-state index in [-0.39, 0.29) is 30.5 Å². The smallest absolute Gasteiger partial charge is 0.269 e. The molecule has 0 saturated carbocycles. The van der Waals surface area contributed by atoms with E-state index in [1.165, 1.54) is 41.8 Å². The Bertz CT molecular complexity index is 862. The average molecular weight is 367 g/mol. The van der Waals surface area contributed by atoms with Gasteiger partial charge >= 0.3 is 0 Å². The zero-order valence-electron chi connectivity index (χ0n) is 14.9. The number of anilines is 1. The van der Waals surface area contributed by atoms with Crippen molar-refractivity contribution in [1.82, 2.24) is 5.32 Å². The van der Waals surface area contributed by atoms with Crippen molar-refractivity contribution in [3.05, 3.63) is 69.3 Å². The number of nitro groups is 1. The molecule has 0 radical (unpaired) electrons. The number of amides is 2. The third-order valence-electron chi connectivity index (χ3n) is 4.65. The summed E-state index contributed by atoms with van der Waals surface area (Å²) in [5.41, 5.74) is 3.62. The number of benzene rings is 2. The second-order valence-electron chi connectivity index (χ2n) is 6.51. The van der Waals surface area contributed by atoms with Gasteiger partial charge in [-0.1, -0.05) is 12.1 Å².